The molecule has 2 unspecified atom stereocenters. The van der Waals surface area contributed by atoms with Crippen molar-refractivity contribution < 1.29 is 4.79 Å². The SMILES string of the molecule is Cc1cc(C=O)ccc1N1CCSC(C)C1C. The topological polar surface area (TPSA) is 20.3 Å². The molecule has 1 aliphatic heterocycles. The molecule has 0 spiro atoms. The fraction of sp³-hybridized carbons (Fsp3) is 0.500. The Morgan fingerprint density at radius 1 is 1.41 bits per heavy atom. The number of rotatable bonds is 2. The summed E-state index contributed by atoms with van der Waals surface area (Å²) in [7, 11) is 0. The first-order valence-corrected chi connectivity index (χ1v) is 7.12. The standard InChI is InChI=1S/C14H19NOS/c1-10-8-13(9-16)4-5-14(10)15-6-7-17-12(3)11(15)2/h4-5,8-9,11-12H,6-7H2,1-3H3. The number of thioether (sulfide) groups is 1. The Morgan fingerprint density at radius 2 is 2.18 bits per heavy atom. The molecule has 1 aromatic carbocycles. The molecule has 1 heterocycles. The molecule has 1 fully saturated rings. The molecule has 0 bridgehead atoms. The quantitative estimate of drug-likeness (QED) is 0.751. The molecule has 0 aliphatic carbocycles. The smallest absolute Gasteiger partial charge is 0.150 e. The highest BCUT2D eigenvalue weighted by Crippen LogP contribution is 2.31. The zero-order valence-electron chi connectivity index (χ0n) is 10.6. The van der Waals surface area contributed by atoms with Gasteiger partial charge in [0.15, 0.2) is 0 Å². The van der Waals surface area contributed by atoms with Crippen molar-refractivity contribution in [2.45, 2.75) is 32.1 Å². The van der Waals surface area contributed by atoms with Gasteiger partial charge in [-0.1, -0.05) is 6.92 Å². The van der Waals surface area contributed by atoms with E-state index < -0.39 is 0 Å². The summed E-state index contributed by atoms with van der Waals surface area (Å²) < 4.78 is 0. The molecule has 1 aliphatic rings. The van der Waals surface area contributed by atoms with Crippen molar-refractivity contribution in [3.8, 4) is 0 Å². The Hall–Kier alpha value is -0.960. The van der Waals surface area contributed by atoms with Gasteiger partial charge in [0.2, 0.25) is 0 Å². The number of benzene rings is 1. The minimum Gasteiger partial charge on any atom is -0.367 e. The monoisotopic (exact) mass is 249 g/mol. The zero-order chi connectivity index (χ0) is 12.4. The fourth-order valence-electron chi connectivity index (χ4n) is 2.35. The van der Waals surface area contributed by atoms with Gasteiger partial charge in [-0.3, -0.25) is 4.79 Å². The number of carbonyl (C=O) groups excluding carboxylic acids is 1. The van der Waals surface area contributed by atoms with E-state index in [0.717, 1.165) is 18.4 Å². The molecule has 0 radical (unpaired) electrons. The summed E-state index contributed by atoms with van der Waals surface area (Å²) in [6.07, 6.45) is 0.912. The van der Waals surface area contributed by atoms with Crippen LogP contribution in [0.2, 0.25) is 0 Å². The molecule has 2 nitrogen and oxygen atoms in total. The van der Waals surface area contributed by atoms with E-state index in [4.69, 9.17) is 0 Å². The molecular weight excluding hydrogens is 230 g/mol. The van der Waals surface area contributed by atoms with Crippen LogP contribution in [0.1, 0.15) is 29.8 Å². The maximum atomic E-state index is 10.7. The zero-order valence-corrected chi connectivity index (χ0v) is 11.5. The van der Waals surface area contributed by atoms with E-state index in [1.165, 1.54) is 17.0 Å². The Balaban J connectivity index is 2.29. The van der Waals surface area contributed by atoms with Gasteiger partial charge in [0, 0.05) is 34.8 Å². The third kappa shape index (κ3) is 2.49. The highest BCUT2D eigenvalue weighted by Gasteiger charge is 2.26. The van der Waals surface area contributed by atoms with Gasteiger partial charge in [-0.15, -0.1) is 0 Å². The predicted octanol–water partition coefficient (Wildman–Crippen LogP) is 3.14. The first-order valence-electron chi connectivity index (χ1n) is 6.07. The van der Waals surface area contributed by atoms with Crippen LogP contribution in [-0.4, -0.2) is 29.9 Å². The average Bonchev–Trinajstić information content (AvgIpc) is 2.33. The molecule has 1 saturated heterocycles. The summed E-state index contributed by atoms with van der Waals surface area (Å²) in [5.74, 6) is 1.18. The average molecular weight is 249 g/mol. The lowest BCUT2D eigenvalue weighted by Gasteiger charge is -2.40. The maximum Gasteiger partial charge on any atom is 0.150 e. The van der Waals surface area contributed by atoms with E-state index in [-0.39, 0.29) is 0 Å². The molecule has 0 N–H and O–H groups in total. The number of carbonyl (C=O) groups is 1. The van der Waals surface area contributed by atoms with Gasteiger partial charge in [0.25, 0.3) is 0 Å². The Labute approximate surface area is 107 Å². The van der Waals surface area contributed by atoms with Crippen molar-refractivity contribution in [3.05, 3.63) is 29.3 Å². The van der Waals surface area contributed by atoms with Crippen LogP contribution < -0.4 is 4.90 Å². The van der Waals surface area contributed by atoms with Crippen LogP contribution in [0.5, 0.6) is 0 Å². The lowest BCUT2D eigenvalue weighted by Crippen LogP contribution is -2.45. The van der Waals surface area contributed by atoms with Crippen LogP contribution in [0.4, 0.5) is 5.69 Å². The first-order chi connectivity index (χ1) is 8.13. The van der Waals surface area contributed by atoms with Crippen molar-refractivity contribution in [3.63, 3.8) is 0 Å². The van der Waals surface area contributed by atoms with E-state index in [1.54, 1.807) is 0 Å². The van der Waals surface area contributed by atoms with E-state index in [9.17, 15) is 4.79 Å². The van der Waals surface area contributed by atoms with Crippen LogP contribution in [-0.2, 0) is 0 Å². The Morgan fingerprint density at radius 3 is 2.82 bits per heavy atom. The highest BCUT2D eigenvalue weighted by atomic mass is 32.2. The van der Waals surface area contributed by atoms with Crippen molar-refractivity contribution >= 4 is 23.7 Å². The number of anilines is 1. The minimum absolute atomic E-state index is 0.550. The number of hydrogen-bond donors (Lipinski definition) is 0. The van der Waals surface area contributed by atoms with Gasteiger partial charge in [-0.25, -0.2) is 0 Å². The van der Waals surface area contributed by atoms with Crippen LogP contribution in [0, 0.1) is 6.92 Å². The summed E-state index contributed by atoms with van der Waals surface area (Å²) in [5.41, 5.74) is 3.23. The van der Waals surface area contributed by atoms with Crippen molar-refractivity contribution in [2.75, 3.05) is 17.2 Å². The van der Waals surface area contributed by atoms with Crippen LogP contribution in [0.3, 0.4) is 0 Å². The molecule has 0 saturated carbocycles. The first kappa shape index (κ1) is 12.5. The third-order valence-corrected chi connectivity index (χ3v) is 4.89. The second-order valence-corrected chi connectivity index (χ2v) is 6.16. The second kappa shape index (κ2) is 5.13. The van der Waals surface area contributed by atoms with E-state index in [0.29, 0.717) is 11.3 Å². The molecule has 0 amide bonds. The summed E-state index contributed by atoms with van der Waals surface area (Å²) >= 11 is 2.04. The number of nitrogens with zero attached hydrogens (tertiary/aromatic N) is 1. The summed E-state index contributed by atoms with van der Waals surface area (Å²) in [4.78, 5) is 13.2. The minimum atomic E-state index is 0.550. The van der Waals surface area contributed by atoms with Crippen molar-refractivity contribution in [1.82, 2.24) is 0 Å². The van der Waals surface area contributed by atoms with Crippen LogP contribution >= 0.6 is 11.8 Å². The predicted molar refractivity (Wildman–Crippen MR) is 75.3 cm³/mol. The van der Waals surface area contributed by atoms with Gasteiger partial charge in [0.05, 0.1) is 0 Å². The lowest BCUT2D eigenvalue weighted by molar-refractivity contribution is 0.112. The number of aldehydes is 1. The van der Waals surface area contributed by atoms with Gasteiger partial charge in [-0.05, 0) is 37.6 Å². The molecule has 92 valence electrons. The normalized spacial score (nSPS) is 24.8. The van der Waals surface area contributed by atoms with E-state index >= 15 is 0 Å². The van der Waals surface area contributed by atoms with E-state index in [2.05, 4.69) is 31.7 Å². The van der Waals surface area contributed by atoms with Crippen molar-refractivity contribution in [2.24, 2.45) is 0 Å². The van der Waals surface area contributed by atoms with Gasteiger partial charge >= 0.3 is 0 Å². The largest absolute Gasteiger partial charge is 0.367 e. The Kier molecular flexibility index (Phi) is 3.77. The second-order valence-electron chi connectivity index (χ2n) is 4.67. The third-order valence-electron chi connectivity index (χ3n) is 3.55. The molecule has 2 rings (SSSR count). The Bertz CT molecular complexity index is 419. The molecular formula is C14H19NOS. The lowest BCUT2D eigenvalue weighted by atomic mass is 10.1. The maximum absolute atomic E-state index is 10.7. The summed E-state index contributed by atoms with van der Waals surface area (Å²) in [6, 6.07) is 6.52. The number of hydrogen-bond acceptors (Lipinski definition) is 3. The number of aryl methyl sites for hydroxylation is 1. The van der Waals surface area contributed by atoms with Crippen molar-refractivity contribution in [1.29, 1.82) is 0 Å². The van der Waals surface area contributed by atoms with Gasteiger partial charge in [-0.2, -0.15) is 11.8 Å². The fourth-order valence-corrected chi connectivity index (χ4v) is 3.45. The molecule has 0 aromatic heterocycles. The highest BCUT2D eigenvalue weighted by molar-refractivity contribution is 8.00. The summed E-state index contributed by atoms with van der Waals surface area (Å²) in [5, 5.41) is 0.661. The molecule has 1 aromatic rings. The van der Waals surface area contributed by atoms with Crippen LogP contribution in [0.15, 0.2) is 18.2 Å². The van der Waals surface area contributed by atoms with Crippen LogP contribution in [0.25, 0.3) is 0 Å². The van der Waals surface area contributed by atoms with Gasteiger partial charge in [0.1, 0.15) is 6.29 Å². The summed E-state index contributed by atoms with van der Waals surface area (Å²) in [6.45, 7) is 7.75. The van der Waals surface area contributed by atoms with Gasteiger partial charge < -0.3 is 4.90 Å². The molecule has 17 heavy (non-hydrogen) atoms. The van der Waals surface area contributed by atoms with E-state index in [1.807, 2.05) is 23.9 Å². The molecule has 3 heteroatoms. The molecule has 2 atom stereocenters.